The zero-order valence-electron chi connectivity index (χ0n) is 14.2. The topological polar surface area (TPSA) is 47.6 Å². The Kier molecular flexibility index (Phi) is 3.05. The van der Waals surface area contributed by atoms with E-state index in [9.17, 15) is 10.5 Å². The van der Waals surface area contributed by atoms with Crippen LogP contribution in [0, 0.1) is 22.7 Å². The molecule has 0 bridgehead atoms. The Morgan fingerprint density at radius 3 is 2.54 bits per heavy atom. The summed E-state index contributed by atoms with van der Waals surface area (Å²) in [5.74, 6) is 0.103. The molecule has 0 saturated carbocycles. The molecule has 0 aromatic heterocycles. The molecule has 2 heteroatoms. The number of fused-ring (bicyclic) bond motifs is 1. The standard InChI is InChI=1S/C24H16N2/c25-14-18-11-12-24(15-26,21-10-2-1-8-19(18)21)22-13-17-7-3-5-16-6-4-9-20(22)23(16)17/h1-11,22H,12-13H2/t22-,24+/m1/s1. The van der Waals surface area contributed by atoms with Gasteiger partial charge in [-0.15, -0.1) is 0 Å². The van der Waals surface area contributed by atoms with Gasteiger partial charge in [-0.3, -0.25) is 0 Å². The van der Waals surface area contributed by atoms with Gasteiger partial charge < -0.3 is 0 Å². The van der Waals surface area contributed by atoms with Crippen molar-refractivity contribution in [1.82, 2.24) is 0 Å². The second-order valence-electron chi connectivity index (χ2n) is 7.18. The molecule has 122 valence electrons. The Morgan fingerprint density at radius 2 is 1.73 bits per heavy atom. The van der Waals surface area contributed by atoms with Gasteiger partial charge >= 0.3 is 0 Å². The number of nitrogens with zero attached hydrogens (tertiary/aromatic N) is 2. The summed E-state index contributed by atoms with van der Waals surface area (Å²) < 4.78 is 0. The van der Waals surface area contributed by atoms with Crippen molar-refractivity contribution in [3.05, 3.63) is 89.0 Å². The second kappa shape index (κ2) is 5.32. The molecular formula is C24H16N2. The molecule has 2 aliphatic carbocycles. The second-order valence-corrected chi connectivity index (χ2v) is 7.18. The van der Waals surface area contributed by atoms with Crippen molar-refractivity contribution in [2.45, 2.75) is 24.2 Å². The highest BCUT2D eigenvalue weighted by Crippen LogP contribution is 2.53. The monoisotopic (exact) mass is 332 g/mol. The highest BCUT2D eigenvalue weighted by Gasteiger charge is 2.47. The van der Waals surface area contributed by atoms with Gasteiger partial charge in [-0.05, 0) is 45.9 Å². The molecule has 3 aromatic carbocycles. The van der Waals surface area contributed by atoms with E-state index in [1.165, 1.54) is 21.9 Å². The highest BCUT2D eigenvalue weighted by molar-refractivity contribution is 5.92. The van der Waals surface area contributed by atoms with Crippen LogP contribution in [0.3, 0.4) is 0 Å². The zero-order valence-corrected chi connectivity index (χ0v) is 14.2. The SMILES string of the molecule is N#CC1=CC[C@@](C#N)([C@@H]2Cc3cccc4cccc2c34)c2ccccc21. The number of hydrogen-bond donors (Lipinski definition) is 0. The fourth-order valence-electron chi connectivity index (χ4n) is 4.89. The first-order valence-electron chi connectivity index (χ1n) is 8.90. The van der Waals surface area contributed by atoms with Crippen LogP contribution in [-0.4, -0.2) is 0 Å². The molecule has 3 aromatic rings. The lowest BCUT2D eigenvalue weighted by Gasteiger charge is -2.37. The van der Waals surface area contributed by atoms with E-state index in [0.717, 1.165) is 17.5 Å². The number of benzene rings is 3. The number of rotatable bonds is 1. The van der Waals surface area contributed by atoms with E-state index in [1.807, 2.05) is 30.3 Å². The summed E-state index contributed by atoms with van der Waals surface area (Å²) in [7, 11) is 0. The van der Waals surface area contributed by atoms with Gasteiger partial charge in [-0.2, -0.15) is 10.5 Å². The minimum atomic E-state index is -0.635. The van der Waals surface area contributed by atoms with E-state index in [4.69, 9.17) is 0 Å². The molecular weight excluding hydrogens is 316 g/mol. The maximum atomic E-state index is 10.4. The lowest BCUT2D eigenvalue weighted by atomic mass is 9.62. The molecule has 0 radical (unpaired) electrons. The van der Waals surface area contributed by atoms with Gasteiger partial charge in [0.05, 0.1) is 23.1 Å². The predicted octanol–water partition coefficient (Wildman–Crippen LogP) is 5.25. The van der Waals surface area contributed by atoms with Crippen LogP contribution in [0.1, 0.15) is 34.6 Å². The molecule has 2 aliphatic rings. The van der Waals surface area contributed by atoms with Gasteiger partial charge in [-0.1, -0.05) is 66.7 Å². The van der Waals surface area contributed by atoms with E-state index >= 15 is 0 Å². The van der Waals surface area contributed by atoms with Crippen molar-refractivity contribution in [2.75, 3.05) is 0 Å². The van der Waals surface area contributed by atoms with Crippen LogP contribution < -0.4 is 0 Å². The Morgan fingerprint density at radius 1 is 0.923 bits per heavy atom. The van der Waals surface area contributed by atoms with Gasteiger partial charge in [0.25, 0.3) is 0 Å². The average Bonchev–Trinajstić information content (AvgIpc) is 3.08. The molecule has 0 fully saturated rings. The smallest absolute Gasteiger partial charge is 0.0994 e. The third-order valence-electron chi connectivity index (χ3n) is 6.06. The molecule has 2 atom stereocenters. The summed E-state index contributed by atoms with van der Waals surface area (Å²) >= 11 is 0. The number of allylic oxidation sites excluding steroid dienone is 2. The first-order chi connectivity index (χ1) is 12.8. The molecule has 0 saturated heterocycles. The molecule has 0 spiro atoms. The van der Waals surface area contributed by atoms with Crippen LogP contribution in [-0.2, 0) is 11.8 Å². The molecule has 0 N–H and O–H groups in total. The molecule has 0 amide bonds. The van der Waals surface area contributed by atoms with E-state index in [1.54, 1.807) is 0 Å². The van der Waals surface area contributed by atoms with Gasteiger partial charge in [0.2, 0.25) is 0 Å². The lowest BCUT2D eigenvalue weighted by molar-refractivity contribution is 0.441. The van der Waals surface area contributed by atoms with Crippen LogP contribution in [0.4, 0.5) is 0 Å². The van der Waals surface area contributed by atoms with E-state index < -0.39 is 5.41 Å². The summed E-state index contributed by atoms with van der Waals surface area (Å²) in [5, 5.41) is 22.4. The quantitative estimate of drug-likeness (QED) is 0.611. The van der Waals surface area contributed by atoms with Gasteiger partial charge in [0, 0.05) is 5.92 Å². The Labute approximate surface area is 152 Å². The summed E-state index contributed by atoms with van der Waals surface area (Å²) in [6, 6.07) is 25.8. The van der Waals surface area contributed by atoms with Gasteiger partial charge in [0.1, 0.15) is 0 Å². The normalized spacial score (nSPS) is 23.0. The van der Waals surface area contributed by atoms with Crippen LogP contribution in [0.25, 0.3) is 16.3 Å². The van der Waals surface area contributed by atoms with E-state index in [-0.39, 0.29) is 5.92 Å². The summed E-state index contributed by atoms with van der Waals surface area (Å²) in [6.45, 7) is 0. The zero-order chi connectivity index (χ0) is 17.7. The third kappa shape index (κ3) is 1.79. The van der Waals surface area contributed by atoms with Crippen molar-refractivity contribution in [1.29, 1.82) is 10.5 Å². The van der Waals surface area contributed by atoms with Crippen molar-refractivity contribution >= 4 is 16.3 Å². The maximum absolute atomic E-state index is 10.4. The minimum Gasteiger partial charge on any atom is -0.197 e. The third-order valence-corrected chi connectivity index (χ3v) is 6.06. The number of nitriles is 2. The predicted molar refractivity (Wildman–Crippen MR) is 102 cm³/mol. The minimum absolute atomic E-state index is 0.103. The van der Waals surface area contributed by atoms with Crippen LogP contribution in [0.15, 0.2) is 66.7 Å². The summed E-state index contributed by atoms with van der Waals surface area (Å²) in [4.78, 5) is 0. The van der Waals surface area contributed by atoms with Crippen LogP contribution in [0.2, 0.25) is 0 Å². The van der Waals surface area contributed by atoms with Crippen molar-refractivity contribution in [3.63, 3.8) is 0 Å². The van der Waals surface area contributed by atoms with E-state index in [0.29, 0.717) is 12.0 Å². The average molecular weight is 332 g/mol. The van der Waals surface area contributed by atoms with E-state index in [2.05, 4.69) is 48.5 Å². The van der Waals surface area contributed by atoms with Crippen LogP contribution in [0.5, 0.6) is 0 Å². The largest absolute Gasteiger partial charge is 0.197 e. The van der Waals surface area contributed by atoms with Crippen molar-refractivity contribution < 1.29 is 0 Å². The fourth-order valence-corrected chi connectivity index (χ4v) is 4.89. The molecule has 0 heterocycles. The van der Waals surface area contributed by atoms with Crippen molar-refractivity contribution in [2.24, 2.45) is 0 Å². The first-order valence-corrected chi connectivity index (χ1v) is 8.90. The molecule has 0 unspecified atom stereocenters. The highest BCUT2D eigenvalue weighted by atomic mass is 14.5. The maximum Gasteiger partial charge on any atom is 0.0994 e. The molecule has 2 nitrogen and oxygen atoms in total. The first kappa shape index (κ1) is 14.9. The van der Waals surface area contributed by atoms with Gasteiger partial charge in [0.15, 0.2) is 0 Å². The lowest BCUT2D eigenvalue weighted by Crippen LogP contribution is -2.34. The van der Waals surface area contributed by atoms with Gasteiger partial charge in [-0.25, -0.2) is 0 Å². The van der Waals surface area contributed by atoms with Crippen molar-refractivity contribution in [3.8, 4) is 12.1 Å². The Hall–Kier alpha value is -3.36. The molecule has 5 rings (SSSR count). The summed E-state index contributed by atoms with van der Waals surface area (Å²) in [5.41, 5.74) is 4.54. The molecule has 0 aliphatic heterocycles. The molecule has 26 heavy (non-hydrogen) atoms. The Bertz CT molecular complexity index is 1170. The van der Waals surface area contributed by atoms with Crippen LogP contribution >= 0.6 is 0 Å². The number of hydrogen-bond acceptors (Lipinski definition) is 2. The fraction of sp³-hybridized carbons (Fsp3) is 0.167. The Balaban J connectivity index is 1.77. The summed E-state index contributed by atoms with van der Waals surface area (Å²) in [6.07, 6.45) is 3.40.